The van der Waals surface area contributed by atoms with Crippen molar-refractivity contribution in [2.45, 2.75) is 19.4 Å². The zero-order valence-electron chi connectivity index (χ0n) is 13.8. The van der Waals surface area contributed by atoms with Crippen LogP contribution in [0, 0.1) is 0 Å². The molecule has 0 aliphatic heterocycles. The van der Waals surface area contributed by atoms with E-state index in [1.807, 2.05) is 24.3 Å². The molecule has 0 unspecified atom stereocenters. The Morgan fingerprint density at radius 1 is 1.12 bits per heavy atom. The van der Waals surface area contributed by atoms with Crippen LogP contribution in [0.5, 0.6) is 0 Å². The molecule has 3 rings (SSSR count). The van der Waals surface area contributed by atoms with Gasteiger partial charge in [-0.15, -0.1) is 0 Å². The molecule has 128 valence electrons. The number of rotatable bonds is 8. The van der Waals surface area contributed by atoms with Gasteiger partial charge in [-0.05, 0) is 43.2 Å². The predicted molar refractivity (Wildman–Crippen MR) is 95.2 cm³/mol. The summed E-state index contributed by atoms with van der Waals surface area (Å²) in [6.07, 6.45) is 8.36. The molecule has 0 spiro atoms. The highest BCUT2D eigenvalue weighted by atomic mass is 16.3. The molecule has 0 saturated carbocycles. The van der Waals surface area contributed by atoms with Gasteiger partial charge >= 0.3 is 0 Å². The van der Waals surface area contributed by atoms with E-state index in [0.717, 1.165) is 24.1 Å². The Labute approximate surface area is 146 Å². The Morgan fingerprint density at radius 2 is 2.08 bits per heavy atom. The number of nitrogens with zero attached hydrogens (tertiary/aromatic N) is 2. The molecular weight excluding hydrogens is 316 g/mol. The van der Waals surface area contributed by atoms with Crippen molar-refractivity contribution in [3.63, 3.8) is 0 Å². The van der Waals surface area contributed by atoms with Crippen LogP contribution in [0.15, 0.2) is 65.7 Å². The van der Waals surface area contributed by atoms with Gasteiger partial charge < -0.3 is 15.1 Å². The predicted octanol–water partition coefficient (Wildman–Crippen LogP) is 3.04. The Kier molecular flexibility index (Phi) is 5.77. The lowest BCUT2D eigenvalue weighted by Gasteiger charge is -2.07. The van der Waals surface area contributed by atoms with E-state index in [0.29, 0.717) is 24.5 Å². The Hall–Kier alpha value is -3.15. The molecule has 3 aromatic rings. The number of aromatic nitrogens is 2. The molecule has 0 bridgehead atoms. The zero-order chi connectivity index (χ0) is 17.3. The number of carbonyl (C=O) groups is 1. The molecule has 0 radical (unpaired) electrons. The molecular formula is C19H20N4O2. The summed E-state index contributed by atoms with van der Waals surface area (Å²) in [6.45, 7) is 1.23. The second-order valence-corrected chi connectivity index (χ2v) is 5.60. The van der Waals surface area contributed by atoms with Gasteiger partial charge in [0.1, 0.15) is 5.82 Å². The van der Waals surface area contributed by atoms with Crippen molar-refractivity contribution < 1.29 is 9.21 Å². The summed E-state index contributed by atoms with van der Waals surface area (Å²) in [7, 11) is 0. The summed E-state index contributed by atoms with van der Waals surface area (Å²) in [5.74, 6) is 0.600. The third-order valence-corrected chi connectivity index (χ3v) is 3.70. The van der Waals surface area contributed by atoms with Crippen molar-refractivity contribution in [2.24, 2.45) is 0 Å². The molecule has 1 amide bonds. The van der Waals surface area contributed by atoms with Gasteiger partial charge in [-0.25, -0.2) is 4.98 Å². The van der Waals surface area contributed by atoms with Gasteiger partial charge in [0.25, 0.3) is 5.91 Å². The molecule has 0 aliphatic carbocycles. The van der Waals surface area contributed by atoms with E-state index < -0.39 is 0 Å². The number of pyridine rings is 2. The third kappa shape index (κ3) is 5.17. The van der Waals surface area contributed by atoms with Crippen molar-refractivity contribution >= 4 is 11.7 Å². The Morgan fingerprint density at radius 3 is 2.80 bits per heavy atom. The van der Waals surface area contributed by atoms with Crippen molar-refractivity contribution in [3.05, 3.63) is 78.1 Å². The molecule has 6 nitrogen and oxygen atoms in total. The normalized spacial score (nSPS) is 10.4. The van der Waals surface area contributed by atoms with Crippen molar-refractivity contribution in [1.82, 2.24) is 15.3 Å². The second-order valence-electron chi connectivity index (χ2n) is 5.60. The molecule has 6 heteroatoms. The average molecular weight is 336 g/mol. The fourth-order valence-corrected chi connectivity index (χ4v) is 2.34. The number of nitrogens with one attached hydrogen (secondary N) is 2. The fourth-order valence-electron chi connectivity index (χ4n) is 2.34. The summed E-state index contributed by atoms with van der Waals surface area (Å²) >= 11 is 0. The van der Waals surface area contributed by atoms with Crippen LogP contribution < -0.4 is 10.6 Å². The van der Waals surface area contributed by atoms with Crippen molar-refractivity contribution in [3.8, 4) is 0 Å². The summed E-state index contributed by atoms with van der Waals surface area (Å²) in [5, 5.41) is 6.08. The summed E-state index contributed by atoms with van der Waals surface area (Å²) in [4.78, 5) is 20.6. The van der Waals surface area contributed by atoms with Crippen LogP contribution in [0.3, 0.4) is 0 Å². The highest BCUT2D eigenvalue weighted by Gasteiger charge is 2.06. The van der Waals surface area contributed by atoms with Gasteiger partial charge in [-0.1, -0.05) is 6.07 Å². The first-order valence-corrected chi connectivity index (χ1v) is 8.20. The summed E-state index contributed by atoms with van der Waals surface area (Å²) in [6, 6.07) is 11.3. The molecule has 0 atom stereocenters. The monoisotopic (exact) mass is 336 g/mol. The smallest absolute Gasteiger partial charge is 0.252 e. The number of aryl methyl sites for hydroxylation is 1. The third-order valence-electron chi connectivity index (χ3n) is 3.70. The highest BCUT2D eigenvalue weighted by molar-refractivity contribution is 5.94. The standard InChI is InChI=1S/C19H20N4O2/c24-19(21-10-3-5-17-4-1-2-9-20-17)16-6-7-18(23-13-16)22-12-15-8-11-25-14-15/h1-2,4,6-9,11,13-14H,3,5,10,12H2,(H,21,24)(H,22,23). The SMILES string of the molecule is O=C(NCCCc1ccccn1)c1ccc(NCc2ccoc2)nc1. The van der Waals surface area contributed by atoms with Gasteiger partial charge in [0, 0.05) is 36.7 Å². The van der Waals surface area contributed by atoms with Gasteiger partial charge in [-0.3, -0.25) is 9.78 Å². The van der Waals surface area contributed by atoms with Crippen molar-refractivity contribution in [1.29, 1.82) is 0 Å². The first kappa shape index (κ1) is 16.7. The Balaban J connectivity index is 1.41. The lowest BCUT2D eigenvalue weighted by atomic mass is 10.2. The molecule has 3 aromatic heterocycles. The van der Waals surface area contributed by atoms with E-state index in [-0.39, 0.29) is 5.91 Å². The maximum absolute atomic E-state index is 12.1. The zero-order valence-corrected chi connectivity index (χ0v) is 13.8. The Bertz CT molecular complexity index is 771. The molecule has 0 fully saturated rings. The van der Waals surface area contributed by atoms with Gasteiger partial charge in [-0.2, -0.15) is 0 Å². The van der Waals surface area contributed by atoms with E-state index in [4.69, 9.17) is 4.42 Å². The molecule has 25 heavy (non-hydrogen) atoms. The summed E-state index contributed by atoms with van der Waals surface area (Å²) < 4.78 is 5.01. The number of anilines is 1. The lowest BCUT2D eigenvalue weighted by Crippen LogP contribution is -2.25. The van der Waals surface area contributed by atoms with Crippen LogP contribution in [-0.4, -0.2) is 22.4 Å². The molecule has 3 heterocycles. The lowest BCUT2D eigenvalue weighted by molar-refractivity contribution is 0.0953. The molecule has 0 aliphatic rings. The van der Waals surface area contributed by atoms with Crippen LogP contribution in [0.25, 0.3) is 0 Å². The maximum atomic E-state index is 12.1. The van der Waals surface area contributed by atoms with Crippen LogP contribution in [0.4, 0.5) is 5.82 Å². The minimum atomic E-state index is -0.116. The molecule has 2 N–H and O–H groups in total. The number of carbonyl (C=O) groups excluding carboxylic acids is 1. The second kappa shape index (κ2) is 8.63. The minimum absolute atomic E-state index is 0.116. The van der Waals surface area contributed by atoms with E-state index in [9.17, 15) is 4.79 Å². The topological polar surface area (TPSA) is 80.0 Å². The van der Waals surface area contributed by atoms with Gasteiger partial charge in [0.05, 0.1) is 18.1 Å². The first-order chi connectivity index (χ1) is 12.3. The first-order valence-electron chi connectivity index (χ1n) is 8.20. The summed E-state index contributed by atoms with van der Waals surface area (Å²) in [5.41, 5.74) is 2.62. The van der Waals surface area contributed by atoms with E-state index in [2.05, 4.69) is 20.6 Å². The van der Waals surface area contributed by atoms with Gasteiger partial charge in [0.15, 0.2) is 0 Å². The quantitative estimate of drug-likeness (QED) is 0.618. The van der Waals surface area contributed by atoms with E-state index in [1.165, 1.54) is 0 Å². The molecule has 0 aromatic carbocycles. The van der Waals surface area contributed by atoms with Crippen molar-refractivity contribution in [2.75, 3.05) is 11.9 Å². The van der Waals surface area contributed by atoms with E-state index in [1.54, 1.807) is 37.1 Å². The maximum Gasteiger partial charge on any atom is 0.252 e. The number of amides is 1. The fraction of sp³-hybridized carbons (Fsp3) is 0.211. The number of hydrogen-bond acceptors (Lipinski definition) is 5. The minimum Gasteiger partial charge on any atom is -0.472 e. The van der Waals surface area contributed by atoms with Crippen LogP contribution in [0.2, 0.25) is 0 Å². The van der Waals surface area contributed by atoms with Crippen LogP contribution in [-0.2, 0) is 13.0 Å². The van der Waals surface area contributed by atoms with Crippen LogP contribution >= 0.6 is 0 Å². The molecule has 0 saturated heterocycles. The highest BCUT2D eigenvalue weighted by Crippen LogP contribution is 2.08. The van der Waals surface area contributed by atoms with Crippen LogP contribution in [0.1, 0.15) is 28.0 Å². The average Bonchev–Trinajstić information content (AvgIpc) is 3.18. The number of hydrogen-bond donors (Lipinski definition) is 2. The van der Waals surface area contributed by atoms with E-state index >= 15 is 0 Å². The number of furan rings is 1. The largest absolute Gasteiger partial charge is 0.472 e. The van der Waals surface area contributed by atoms with Gasteiger partial charge in [0.2, 0.25) is 0 Å².